The molecule has 52 heavy (non-hydrogen) atoms. The minimum atomic E-state index is -0.122. The molecule has 1 atom stereocenters. The zero-order valence-electron chi connectivity index (χ0n) is 30.1. The van der Waals surface area contributed by atoms with Gasteiger partial charge in [0.05, 0.1) is 11.4 Å². The number of carbonyl (C=O) groups is 2. The standard InChI is InChI=1S/C44H48N6O2/c1-2-50-40-17-8-5-12-34(40)37-27-33(22-23-41(37)50)47-44(52)31-20-18-30(19-21-31)28-49-26-9-11-32(29-49)43(51)46-25-10-24-45-42-35-13-3-6-15-38(35)48-39-16-7-4-14-36(39)42/h3,5-6,8,12-13,15,17-23,27,32H,2,4,7,9-11,14,16,24-26,28-29H2,1H3,(H,45,48)(H,46,51)(H,47,52)/t32-/m1/s1. The molecule has 266 valence electrons. The smallest absolute Gasteiger partial charge is 0.255 e. The minimum absolute atomic E-state index is 0.00777. The van der Waals surface area contributed by atoms with Gasteiger partial charge in [-0.1, -0.05) is 48.5 Å². The number of aromatic nitrogens is 2. The van der Waals surface area contributed by atoms with Gasteiger partial charge in [-0.2, -0.15) is 0 Å². The number of likely N-dealkylation sites (tertiary alicyclic amines) is 1. The Morgan fingerprint density at radius 3 is 2.48 bits per heavy atom. The summed E-state index contributed by atoms with van der Waals surface area (Å²) in [5, 5.41) is 13.6. The molecular weight excluding hydrogens is 645 g/mol. The molecule has 1 fully saturated rings. The Kier molecular flexibility index (Phi) is 9.90. The summed E-state index contributed by atoms with van der Waals surface area (Å²) < 4.78 is 2.31. The molecular formula is C44H48N6O2. The van der Waals surface area contributed by atoms with Gasteiger partial charge in [-0.05, 0) is 112 Å². The van der Waals surface area contributed by atoms with E-state index >= 15 is 0 Å². The van der Waals surface area contributed by atoms with E-state index in [-0.39, 0.29) is 17.7 Å². The third-order valence-corrected chi connectivity index (χ3v) is 11.0. The average molecular weight is 693 g/mol. The number of anilines is 2. The van der Waals surface area contributed by atoms with E-state index in [0.29, 0.717) is 12.1 Å². The summed E-state index contributed by atoms with van der Waals surface area (Å²) in [7, 11) is 0. The van der Waals surface area contributed by atoms with Crippen molar-refractivity contribution in [3.05, 3.63) is 113 Å². The van der Waals surface area contributed by atoms with Crippen molar-refractivity contribution in [3.8, 4) is 0 Å². The average Bonchev–Trinajstić information content (AvgIpc) is 3.50. The molecule has 8 heteroatoms. The number of nitrogens with one attached hydrogen (secondary N) is 3. The van der Waals surface area contributed by atoms with Crippen molar-refractivity contribution in [2.45, 2.75) is 65.0 Å². The second-order valence-electron chi connectivity index (χ2n) is 14.4. The van der Waals surface area contributed by atoms with Gasteiger partial charge < -0.3 is 20.5 Å². The van der Waals surface area contributed by atoms with Gasteiger partial charge in [0.2, 0.25) is 5.91 Å². The number of pyridine rings is 1. The summed E-state index contributed by atoms with van der Waals surface area (Å²) in [5.74, 6) is 0.0241. The first-order chi connectivity index (χ1) is 25.6. The van der Waals surface area contributed by atoms with Crippen molar-refractivity contribution in [2.75, 3.05) is 36.8 Å². The molecule has 1 aliphatic carbocycles. The van der Waals surface area contributed by atoms with E-state index in [0.717, 1.165) is 87.0 Å². The number of nitrogens with zero attached hydrogens (tertiary/aromatic N) is 3. The second kappa shape index (κ2) is 15.2. The van der Waals surface area contributed by atoms with E-state index in [1.54, 1.807) is 0 Å². The molecule has 6 aromatic rings. The second-order valence-corrected chi connectivity index (χ2v) is 14.4. The molecule has 0 bridgehead atoms. The molecule has 3 heterocycles. The van der Waals surface area contributed by atoms with Crippen molar-refractivity contribution < 1.29 is 9.59 Å². The number of aryl methyl sites for hydroxylation is 2. The van der Waals surface area contributed by atoms with Crippen molar-refractivity contribution >= 4 is 55.9 Å². The maximum absolute atomic E-state index is 13.2. The number of benzene rings is 4. The lowest BCUT2D eigenvalue weighted by Crippen LogP contribution is -2.43. The molecule has 8 nitrogen and oxygen atoms in total. The number of para-hydroxylation sites is 2. The van der Waals surface area contributed by atoms with Crippen molar-refractivity contribution in [1.29, 1.82) is 0 Å². The zero-order valence-corrected chi connectivity index (χ0v) is 30.1. The van der Waals surface area contributed by atoms with Gasteiger partial charge in [0.1, 0.15) is 0 Å². The van der Waals surface area contributed by atoms with E-state index in [9.17, 15) is 9.59 Å². The summed E-state index contributed by atoms with van der Waals surface area (Å²) in [6, 6.07) is 30.8. The van der Waals surface area contributed by atoms with E-state index in [1.165, 1.54) is 51.6 Å². The van der Waals surface area contributed by atoms with Gasteiger partial charge in [-0.3, -0.25) is 19.5 Å². The SMILES string of the molecule is CCn1c2ccccc2c2cc(NC(=O)c3ccc(CN4CCC[C@@H](C(=O)NCCCNc5c6c(nc7ccccc57)CCCC6)C4)cc3)ccc21. The Labute approximate surface area is 305 Å². The van der Waals surface area contributed by atoms with Crippen LogP contribution < -0.4 is 16.0 Å². The van der Waals surface area contributed by atoms with Crippen molar-refractivity contribution in [2.24, 2.45) is 5.92 Å². The Bertz CT molecular complexity index is 2240. The first kappa shape index (κ1) is 33.9. The molecule has 4 aromatic carbocycles. The molecule has 0 saturated carbocycles. The molecule has 1 saturated heterocycles. The fourth-order valence-corrected chi connectivity index (χ4v) is 8.34. The van der Waals surface area contributed by atoms with Crippen LogP contribution >= 0.6 is 0 Å². The molecule has 0 spiro atoms. The Morgan fingerprint density at radius 1 is 0.827 bits per heavy atom. The lowest BCUT2D eigenvalue weighted by molar-refractivity contribution is -0.126. The van der Waals surface area contributed by atoms with Gasteiger partial charge in [0.25, 0.3) is 5.91 Å². The topological polar surface area (TPSA) is 91.3 Å². The van der Waals surface area contributed by atoms with Gasteiger partial charge in [-0.15, -0.1) is 0 Å². The van der Waals surface area contributed by atoms with Crippen LogP contribution in [-0.2, 0) is 30.7 Å². The molecule has 2 aromatic heterocycles. The molecule has 8 rings (SSSR count). The highest BCUT2D eigenvalue weighted by Gasteiger charge is 2.26. The van der Waals surface area contributed by atoms with E-state index in [1.807, 2.05) is 30.3 Å². The lowest BCUT2D eigenvalue weighted by atomic mass is 9.92. The van der Waals surface area contributed by atoms with Crippen LogP contribution in [0.4, 0.5) is 11.4 Å². The Balaban J connectivity index is 0.817. The lowest BCUT2D eigenvalue weighted by Gasteiger charge is -2.32. The normalized spacial score (nSPS) is 16.2. The van der Waals surface area contributed by atoms with E-state index in [2.05, 4.69) is 93.0 Å². The first-order valence-electron chi connectivity index (χ1n) is 19.1. The summed E-state index contributed by atoms with van der Waals surface area (Å²) in [4.78, 5) is 33.7. The summed E-state index contributed by atoms with van der Waals surface area (Å²) in [6.45, 7) is 6.99. The number of piperidine rings is 1. The van der Waals surface area contributed by atoms with Crippen molar-refractivity contribution in [3.63, 3.8) is 0 Å². The number of rotatable bonds is 11. The number of fused-ring (bicyclic) bond motifs is 5. The van der Waals surface area contributed by atoms with Crippen LogP contribution in [0.2, 0.25) is 0 Å². The summed E-state index contributed by atoms with van der Waals surface area (Å²) >= 11 is 0. The number of hydrogen-bond acceptors (Lipinski definition) is 5. The monoisotopic (exact) mass is 692 g/mol. The molecule has 2 aliphatic rings. The largest absolute Gasteiger partial charge is 0.384 e. The first-order valence-corrected chi connectivity index (χ1v) is 19.1. The predicted molar refractivity (Wildman–Crippen MR) is 212 cm³/mol. The number of amides is 2. The van der Waals surface area contributed by atoms with Crippen LogP contribution in [0, 0.1) is 5.92 Å². The van der Waals surface area contributed by atoms with Crippen LogP contribution in [0.25, 0.3) is 32.7 Å². The fraction of sp³-hybridized carbons (Fsp3) is 0.341. The van der Waals surface area contributed by atoms with Crippen molar-refractivity contribution in [1.82, 2.24) is 19.8 Å². The third-order valence-electron chi connectivity index (χ3n) is 11.0. The van der Waals surface area contributed by atoms with Gasteiger partial charge in [0, 0.05) is 82.5 Å². The minimum Gasteiger partial charge on any atom is -0.384 e. The zero-order chi connectivity index (χ0) is 35.4. The highest BCUT2D eigenvalue weighted by atomic mass is 16.2. The van der Waals surface area contributed by atoms with Crippen LogP contribution in [0.5, 0.6) is 0 Å². The Hall–Kier alpha value is -5.21. The summed E-state index contributed by atoms with van der Waals surface area (Å²) in [6.07, 6.45) is 7.33. The molecule has 0 unspecified atom stereocenters. The number of carbonyl (C=O) groups excluding carboxylic acids is 2. The van der Waals surface area contributed by atoms with Gasteiger partial charge in [-0.25, -0.2) is 0 Å². The van der Waals surface area contributed by atoms with Gasteiger partial charge >= 0.3 is 0 Å². The van der Waals surface area contributed by atoms with E-state index in [4.69, 9.17) is 4.98 Å². The molecule has 2 amide bonds. The molecule has 0 radical (unpaired) electrons. The predicted octanol–water partition coefficient (Wildman–Crippen LogP) is 8.32. The molecule has 1 aliphatic heterocycles. The van der Waals surface area contributed by atoms with E-state index < -0.39 is 0 Å². The summed E-state index contributed by atoms with van der Waals surface area (Å²) in [5.41, 5.74) is 9.84. The van der Waals surface area contributed by atoms with Crippen LogP contribution in [0.1, 0.15) is 66.2 Å². The maximum Gasteiger partial charge on any atom is 0.255 e. The number of hydrogen-bond donors (Lipinski definition) is 3. The molecule has 3 N–H and O–H groups in total. The fourth-order valence-electron chi connectivity index (χ4n) is 8.34. The highest BCUT2D eigenvalue weighted by Crippen LogP contribution is 2.34. The van der Waals surface area contributed by atoms with Crippen LogP contribution in [0.15, 0.2) is 91.0 Å². The quantitative estimate of drug-likeness (QED) is 0.119. The Morgan fingerprint density at radius 2 is 1.62 bits per heavy atom. The van der Waals surface area contributed by atoms with Crippen LogP contribution in [0.3, 0.4) is 0 Å². The third kappa shape index (κ3) is 7.00. The van der Waals surface area contributed by atoms with Gasteiger partial charge in [0.15, 0.2) is 0 Å². The maximum atomic E-state index is 13.2. The highest BCUT2D eigenvalue weighted by molar-refractivity contribution is 6.11. The van der Waals surface area contributed by atoms with Crippen LogP contribution in [-0.4, -0.2) is 52.4 Å².